The third kappa shape index (κ3) is 5.56. The summed E-state index contributed by atoms with van der Waals surface area (Å²) in [5.41, 5.74) is 0.384. The number of nitrogens with one attached hydrogen (secondary N) is 1. The Labute approximate surface area is 135 Å². The lowest BCUT2D eigenvalue weighted by molar-refractivity contribution is -0.130. The van der Waals surface area contributed by atoms with Crippen molar-refractivity contribution in [2.75, 3.05) is 19.6 Å². The number of halogens is 2. The Morgan fingerprint density at radius 2 is 1.71 bits per heavy atom. The van der Waals surface area contributed by atoms with Crippen molar-refractivity contribution in [3.63, 3.8) is 0 Å². The highest BCUT2D eigenvalue weighted by atomic mass is 35.5. The molecule has 4 nitrogen and oxygen atoms in total. The van der Waals surface area contributed by atoms with Gasteiger partial charge in [0.25, 0.3) is 5.91 Å². The number of benzene rings is 1. The summed E-state index contributed by atoms with van der Waals surface area (Å²) >= 11 is 11.7. The van der Waals surface area contributed by atoms with E-state index >= 15 is 0 Å². The molecule has 0 aliphatic heterocycles. The van der Waals surface area contributed by atoms with Gasteiger partial charge < -0.3 is 10.2 Å². The Kier molecular flexibility index (Phi) is 7.54. The summed E-state index contributed by atoms with van der Waals surface area (Å²) in [7, 11) is 0. The molecule has 1 N–H and O–H groups in total. The van der Waals surface area contributed by atoms with Gasteiger partial charge >= 0.3 is 0 Å². The fourth-order valence-electron chi connectivity index (χ4n) is 1.91. The lowest BCUT2D eigenvalue weighted by atomic mass is 10.2. The van der Waals surface area contributed by atoms with Crippen LogP contribution in [0.15, 0.2) is 18.2 Å². The second-order valence-electron chi connectivity index (χ2n) is 4.69. The second-order valence-corrected chi connectivity index (χ2v) is 5.51. The van der Waals surface area contributed by atoms with E-state index < -0.39 is 0 Å². The molecule has 2 amide bonds. The minimum absolute atomic E-state index is 0.0148. The van der Waals surface area contributed by atoms with Crippen LogP contribution in [0.1, 0.15) is 37.0 Å². The molecule has 1 rings (SSSR count). The van der Waals surface area contributed by atoms with Gasteiger partial charge in [0.2, 0.25) is 5.91 Å². The normalized spacial score (nSPS) is 10.3. The van der Waals surface area contributed by atoms with Gasteiger partial charge in [-0.05, 0) is 31.0 Å². The lowest BCUT2D eigenvalue weighted by Crippen LogP contribution is -2.40. The highest BCUT2D eigenvalue weighted by Crippen LogP contribution is 2.22. The zero-order chi connectivity index (χ0) is 15.8. The van der Waals surface area contributed by atoms with Crippen LogP contribution in [0, 0.1) is 0 Å². The van der Waals surface area contributed by atoms with E-state index in [1.54, 1.807) is 17.0 Å². The van der Waals surface area contributed by atoms with Gasteiger partial charge in [0.1, 0.15) is 0 Å². The van der Waals surface area contributed by atoms with Crippen LogP contribution in [0.3, 0.4) is 0 Å². The Morgan fingerprint density at radius 1 is 1.10 bits per heavy atom. The monoisotopic (exact) mass is 330 g/mol. The van der Waals surface area contributed by atoms with Crippen LogP contribution >= 0.6 is 23.2 Å². The molecule has 1 aromatic rings. The van der Waals surface area contributed by atoms with Crippen LogP contribution in [0.2, 0.25) is 10.0 Å². The molecule has 0 radical (unpaired) electrons. The first kappa shape index (κ1) is 17.8. The van der Waals surface area contributed by atoms with Crippen LogP contribution in [0.25, 0.3) is 0 Å². The first-order valence-corrected chi connectivity index (χ1v) is 7.76. The molecule has 116 valence electrons. The molecule has 0 saturated heterocycles. The number of hydrogen-bond acceptors (Lipinski definition) is 2. The number of amides is 2. The Morgan fingerprint density at radius 3 is 2.24 bits per heavy atom. The molecule has 0 aliphatic rings. The van der Waals surface area contributed by atoms with E-state index in [-0.39, 0.29) is 18.4 Å². The van der Waals surface area contributed by atoms with E-state index in [4.69, 9.17) is 23.2 Å². The van der Waals surface area contributed by atoms with Crippen LogP contribution in [0.4, 0.5) is 0 Å². The maximum atomic E-state index is 12.0. The molecule has 0 unspecified atom stereocenters. The lowest BCUT2D eigenvalue weighted by Gasteiger charge is -2.21. The number of hydrogen-bond donors (Lipinski definition) is 1. The van der Waals surface area contributed by atoms with Crippen LogP contribution in [-0.2, 0) is 4.79 Å². The van der Waals surface area contributed by atoms with Crippen molar-refractivity contribution < 1.29 is 9.59 Å². The van der Waals surface area contributed by atoms with Gasteiger partial charge in [-0.25, -0.2) is 0 Å². The average molecular weight is 331 g/mol. The smallest absolute Gasteiger partial charge is 0.251 e. The summed E-state index contributed by atoms with van der Waals surface area (Å²) in [5.74, 6) is -0.415. The summed E-state index contributed by atoms with van der Waals surface area (Å²) in [4.78, 5) is 25.8. The van der Waals surface area contributed by atoms with E-state index in [1.807, 2.05) is 13.8 Å². The summed E-state index contributed by atoms with van der Waals surface area (Å²) in [6, 6.07) is 4.62. The fraction of sp³-hybridized carbons (Fsp3) is 0.467. The number of carbonyl (C=O) groups is 2. The molecule has 0 atom stereocenters. The van der Waals surface area contributed by atoms with Crippen molar-refractivity contribution >= 4 is 35.0 Å². The quantitative estimate of drug-likeness (QED) is 0.833. The molecule has 6 heteroatoms. The van der Waals surface area contributed by atoms with E-state index in [0.717, 1.165) is 12.8 Å². The first-order valence-electron chi connectivity index (χ1n) is 7.00. The van der Waals surface area contributed by atoms with E-state index in [1.165, 1.54) is 6.07 Å². The summed E-state index contributed by atoms with van der Waals surface area (Å²) in [6.07, 6.45) is 1.79. The molecule has 0 spiro atoms. The third-order valence-electron chi connectivity index (χ3n) is 2.92. The van der Waals surface area contributed by atoms with E-state index in [0.29, 0.717) is 28.7 Å². The van der Waals surface area contributed by atoms with Gasteiger partial charge in [0.15, 0.2) is 0 Å². The molecule has 0 fully saturated rings. The number of carbonyl (C=O) groups excluding carboxylic acids is 2. The fourth-order valence-corrected chi connectivity index (χ4v) is 2.21. The SMILES string of the molecule is CCCN(CCC)C(=O)CNC(=O)c1ccc(Cl)c(Cl)c1. The van der Waals surface area contributed by atoms with Crippen molar-refractivity contribution in [2.45, 2.75) is 26.7 Å². The minimum atomic E-state index is -0.338. The van der Waals surface area contributed by atoms with Crippen molar-refractivity contribution in [1.82, 2.24) is 10.2 Å². The van der Waals surface area contributed by atoms with Crippen molar-refractivity contribution in [3.05, 3.63) is 33.8 Å². The van der Waals surface area contributed by atoms with Crippen LogP contribution in [0.5, 0.6) is 0 Å². The zero-order valence-electron chi connectivity index (χ0n) is 12.3. The minimum Gasteiger partial charge on any atom is -0.343 e. The molecule has 0 heterocycles. The second kappa shape index (κ2) is 8.90. The molecule has 0 bridgehead atoms. The molecule has 1 aromatic carbocycles. The summed E-state index contributed by atoms with van der Waals surface area (Å²) in [5, 5.41) is 3.32. The molecule has 0 aliphatic carbocycles. The summed E-state index contributed by atoms with van der Waals surface area (Å²) in [6.45, 7) is 5.43. The zero-order valence-corrected chi connectivity index (χ0v) is 13.8. The summed E-state index contributed by atoms with van der Waals surface area (Å²) < 4.78 is 0. The average Bonchev–Trinajstić information content (AvgIpc) is 2.47. The van der Waals surface area contributed by atoms with Gasteiger partial charge in [-0.15, -0.1) is 0 Å². The molecule has 0 saturated carbocycles. The largest absolute Gasteiger partial charge is 0.343 e. The van der Waals surface area contributed by atoms with Gasteiger partial charge in [-0.2, -0.15) is 0 Å². The van der Waals surface area contributed by atoms with Crippen molar-refractivity contribution in [1.29, 1.82) is 0 Å². The first-order chi connectivity index (χ1) is 9.99. The molecular weight excluding hydrogens is 311 g/mol. The van der Waals surface area contributed by atoms with Gasteiger partial charge in [-0.1, -0.05) is 37.0 Å². The van der Waals surface area contributed by atoms with E-state index in [9.17, 15) is 9.59 Å². The maximum absolute atomic E-state index is 12.0. The van der Waals surface area contributed by atoms with Crippen molar-refractivity contribution in [3.8, 4) is 0 Å². The standard InChI is InChI=1S/C15H20Cl2N2O2/c1-3-7-19(8-4-2)14(20)10-18-15(21)11-5-6-12(16)13(17)9-11/h5-6,9H,3-4,7-8,10H2,1-2H3,(H,18,21). The predicted molar refractivity (Wildman–Crippen MR) is 86.0 cm³/mol. The Balaban J connectivity index is 2.58. The van der Waals surface area contributed by atoms with Gasteiger partial charge in [0, 0.05) is 18.7 Å². The number of rotatable bonds is 7. The topological polar surface area (TPSA) is 49.4 Å². The molecule has 21 heavy (non-hydrogen) atoms. The van der Waals surface area contributed by atoms with Crippen molar-refractivity contribution in [2.24, 2.45) is 0 Å². The maximum Gasteiger partial charge on any atom is 0.251 e. The van der Waals surface area contributed by atoms with Crippen LogP contribution < -0.4 is 5.32 Å². The molecular formula is C15H20Cl2N2O2. The van der Waals surface area contributed by atoms with Gasteiger partial charge in [0.05, 0.1) is 16.6 Å². The Hall–Kier alpha value is -1.26. The van der Waals surface area contributed by atoms with Gasteiger partial charge in [-0.3, -0.25) is 9.59 Å². The highest BCUT2D eigenvalue weighted by molar-refractivity contribution is 6.42. The number of nitrogens with zero attached hydrogens (tertiary/aromatic N) is 1. The third-order valence-corrected chi connectivity index (χ3v) is 3.66. The van der Waals surface area contributed by atoms with E-state index in [2.05, 4.69) is 5.32 Å². The van der Waals surface area contributed by atoms with Crippen LogP contribution in [-0.4, -0.2) is 36.3 Å². The highest BCUT2D eigenvalue weighted by Gasteiger charge is 2.14. The Bertz CT molecular complexity index is 500. The molecule has 0 aromatic heterocycles. The predicted octanol–water partition coefficient (Wildman–Crippen LogP) is 3.37.